The highest BCUT2D eigenvalue weighted by Gasteiger charge is 2.12. The van der Waals surface area contributed by atoms with Crippen LogP contribution in [0.4, 0.5) is 0 Å². The third kappa shape index (κ3) is 3.81. The maximum absolute atomic E-state index is 11.8. The second kappa shape index (κ2) is 6.00. The van der Waals surface area contributed by atoms with Gasteiger partial charge in [0, 0.05) is 17.7 Å². The molecule has 0 aliphatic rings. The summed E-state index contributed by atoms with van der Waals surface area (Å²) in [6, 6.07) is 12.7. The molecule has 0 saturated heterocycles. The van der Waals surface area contributed by atoms with E-state index in [1.54, 1.807) is 19.1 Å². The van der Waals surface area contributed by atoms with E-state index < -0.39 is 0 Å². The van der Waals surface area contributed by atoms with Crippen molar-refractivity contribution in [3.05, 3.63) is 71.2 Å². The van der Waals surface area contributed by atoms with Crippen molar-refractivity contribution in [2.75, 3.05) is 0 Å². The lowest BCUT2D eigenvalue weighted by Gasteiger charge is -2.13. The van der Waals surface area contributed by atoms with Crippen molar-refractivity contribution >= 4 is 5.97 Å². The molecule has 98 valence electrons. The lowest BCUT2D eigenvalue weighted by molar-refractivity contribution is -0.605. The van der Waals surface area contributed by atoms with Gasteiger partial charge >= 0.3 is 5.97 Å². The topological polar surface area (TPSA) is 53.2 Å². The van der Waals surface area contributed by atoms with Gasteiger partial charge in [0.2, 0.25) is 0 Å². The molecular formula is C15H15NO3. The molecule has 1 aromatic carbocycles. The zero-order valence-corrected chi connectivity index (χ0v) is 10.7. The van der Waals surface area contributed by atoms with Crippen LogP contribution >= 0.6 is 0 Å². The fraction of sp³-hybridized carbons (Fsp3) is 0.200. The van der Waals surface area contributed by atoms with Crippen LogP contribution in [0.15, 0.2) is 54.9 Å². The summed E-state index contributed by atoms with van der Waals surface area (Å²) in [7, 11) is 0. The Hall–Kier alpha value is -2.36. The van der Waals surface area contributed by atoms with Crippen molar-refractivity contribution in [2.24, 2.45) is 0 Å². The highest BCUT2D eigenvalue weighted by molar-refractivity contribution is 5.72. The van der Waals surface area contributed by atoms with Crippen LogP contribution in [0.25, 0.3) is 0 Å². The third-order valence-electron chi connectivity index (χ3n) is 2.80. The van der Waals surface area contributed by atoms with Gasteiger partial charge in [0.1, 0.15) is 6.10 Å². The highest BCUT2D eigenvalue weighted by Crippen LogP contribution is 2.16. The quantitative estimate of drug-likeness (QED) is 0.479. The molecular weight excluding hydrogens is 242 g/mol. The predicted molar refractivity (Wildman–Crippen MR) is 70.1 cm³/mol. The number of rotatable bonds is 4. The lowest BCUT2D eigenvalue weighted by atomic mass is 10.1. The zero-order valence-electron chi connectivity index (χ0n) is 10.7. The number of ether oxygens (including phenoxy) is 1. The van der Waals surface area contributed by atoms with Gasteiger partial charge in [-0.25, -0.2) is 0 Å². The molecule has 0 unspecified atom stereocenters. The zero-order chi connectivity index (χ0) is 13.7. The van der Waals surface area contributed by atoms with E-state index in [0.29, 0.717) is 4.73 Å². The molecule has 0 amide bonds. The Morgan fingerprint density at radius 1 is 1.21 bits per heavy atom. The van der Waals surface area contributed by atoms with Gasteiger partial charge in [-0.3, -0.25) is 4.79 Å². The number of esters is 1. The lowest BCUT2D eigenvalue weighted by Crippen LogP contribution is -2.24. The van der Waals surface area contributed by atoms with Crippen molar-refractivity contribution < 1.29 is 14.3 Å². The van der Waals surface area contributed by atoms with E-state index in [4.69, 9.17) is 4.74 Å². The van der Waals surface area contributed by atoms with Crippen molar-refractivity contribution in [3.8, 4) is 0 Å². The summed E-state index contributed by atoms with van der Waals surface area (Å²) >= 11 is 0. The van der Waals surface area contributed by atoms with Gasteiger partial charge in [-0.05, 0) is 12.5 Å². The van der Waals surface area contributed by atoms with Gasteiger partial charge in [0.15, 0.2) is 12.4 Å². The Bertz CT molecular complexity index is 537. The van der Waals surface area contributed by atoms with Crippen LogP contribution < -0.4 is 4.73 Å². The summed E-state index contributed by atoms with van der Waals surface area (Å²) in [5.41, 5.74) is 1.72. The van der Waals surface area contributed by atoms with E-state index in [0.717, 1.165) is 11.1 Å². The van der Waals surface area contributed by atoms with Crippen LogP contribution in [-0.2, 0) is 16.0 Å². The minimum Gasteiger partial charge on any atom is -0.619 e. The number of hydrogen-bond acceptors (Lipinski definition) is 3. The number of carbonyl (C=O) groups excluding carboxylic acids is 1. The summed E-state index contributed by atoms with van der Waals surface area (Å²) in [5.74, 6) is -0.280. The summed E-state index contributed by atoms with van der Waals surface area (Å²) < 4.78 is 6.03. The van der Waals surface area contributed by atoms with Gasteiger partial charge in [-0.1, -0.05) is 30.3 Å². The molecule has 2 rings (SSSR count). The minimum atomic E-state index is -0.364. The monoisotopic (exact) mass is 257 g/mol. The van der Waals surface area contributed by atoms with E-state index in [-0.39, 0.29) is 18.5 Å². The van der Waals surface area contributed by atoms with E-state index in [9.17, 15) is 10.0 Å². The Kier molecular flexibility index (Phi) is 4.13. The molecule has 0 aliphatic carbocycles. The van der Waals surface area contributed by atoms with Crippen molar-refractivity contribution in [1.29, 1.82) is 0 Å². The first-order chi connectivity index (χ1) is 9.15. The largest absolute Gasteiger partial charge is 0.619 e. The SMILES string of the molecule is C[C@@H](OC(=O)Cc1ccccc1)c1cc[n+]([O-])cc1. The molecule has 0 fully saturated rings. The van der Waals surface area contributed by atoms with Crippen LogP contribution in [0.5, 0.6) is 0 Å². The molecule has 1 aromatic heterocycles. The van der Waals surface area contributed by atoms with Gasteiger partial charge in [0.05, 0.1) is 6.42 Å². The maximum Gasteiger partial charge on any atom is 0.310 e. The van der Waals surface area contributed by atoms with Crippen LogP contribution in [0.3, 0.4) is 0 Å². The maximum atomic E-state index is 11.8. The number of benzene rings is 1. The third-order valence-corrected chi connectivity index (χ3v) is 2.80. The molecule has 1 atom stereocenters. The predicted octanol–water partition coefficient (Wildman–Crippen LogP) is 2.17. The molecule has 2 aromatic rings. The number of nitrogens with zero attached hydrogens (tertiary/aromatic N) is 1. The molecule has 0 spiro atoms. The number of pyridine rings is 1. The molecule has 0 aliphatic heterocycles. The molecule has 0 radical (unpaired) electrons. The van der Waals surface area contributed by atoms with Crippen molar-refractivity contribution in [1.82, 2.24) is 0 Å². The number of aromatic nitrogens is 1. The molecule has 19 heavy (non-hydrogen) atoms. The van der Waals surface area contributed by atoms with Gasteiger partial charge < -0.3 is 9.94 Å². The van der Waals surface area contributed by atoms with Crippen LogP contribution in [0.1, 0.15) is 24.2 Å². The summed E-state index contributed by atoms with van der Waals surface area (Å²) in [6.07, 6.45) is 2.66. The highest BCUT2D eigenvalue weighted by atomic mass is 16.5. The minimum absolute atomic E-state index is 0.250. The average Bonchev–Trinajstić information content (AvgIpc) is 2.40. The Morgan fingerprint density at radius 2 is 1.84 bits per heavy atom. The van der Waals surface area contributed by atoms with E-state index >= 15 is 0 Å². The Labute approximate surface area is 111 Å². The summed E-state index contributed by atoms with van der Waals surface area (Å²) in [6.45, 7) is 1.79. The second-order valence-corrected chi connectivity index (χ2v) is 4.29. The average molecular weight is 257 g/mol. The fourth-order valence-corrected chi connectivity index (χ4v) is 1.76. The summed E-state index contributed by atoms with van der Waals surface area (Å²) in [5, 5.41) is 10.9. The molecule has 4 nitrogen and oxygen atoms in total. The molecule has 0 N–H and O–H groups in total. The van der Waals surface area contributed by atoms with Crippen LogP contribution in [-0.4, -0.2) is 5.97 Å². The first-order valence-electron chi connectivity index (χ1n) is 6.07. The first kappa shape index (κ1) is 13.1. The Balaban J connectivity index is 1.93. The molecule has 4 heteroatoms. The van der Waals surface area contributed by atoms with Gasteiger partial charge in [-0.15, -0.1) is 0 Å². The molecule has 0 bridgehead atoms. The Morgan fingerprint density at radius 3 is 2.47 bits per heavy atom. The van der Waals surface area contributed by atoms with Crippen LogP contribution in [0.2, 0.25) is 0 Å². The first-order valence-corrected chi connectivity index (χ1v) is 6.07. The van der Waals surface area contributed by atoms with E-state index in [1.807, 2.05) is 30.3 Å². The fourth-order valence-electron chi connectivity index (χ4n) is 1.76. The van der Waals surface area contributed by atoms with Gasteiger partial charge in [-0.2, -0.15) is 4.73 Å². The van der Waals surface area contributed by atoms with E-state index in [1.165, 1.54) is 12.4 Å². The molecule has 1 heterocycles. The molecule has 0 saturated carbocycles. The number of hydrogen-bond donors (Lipinski definition) is 0. The van der Waals surface area contributed by atoms with Gasteiger partial charge in [0.25, 0.3) is 0 Å². The standard InChI is InChI=1S/C15H15NO3/c1-12(14-7-9-16(18)10-8-14)19-15(17)11-13-5-3-2-4-6-13/h2-10,12H,11H2,1H3/t12-/m1/s1. The van der Waals surface area contributed by atoms with Crippen LogP contribution in [0, 0.1) is 5.21 Å². The number of carbonyl (C=O) groups is 1. The van der Waals surface area contributed by atoms with E-state index in [2.05, 4.69) is 0 Å². The van der Waals surface area contributed by atoms with Crippen molar-refractivity contribution in [3.63, 3.8) is 0 Å². The summed E-state index contributed by atoms with van der Waals surface area (Å²) in [4.78, 5) is 11.8. The second-order valence-electron chi connectivity index (χ2n) is 4.29. The van der Waals surface area contributed by atoms with Crippen molar-refractivity contribution in [2.45, 2.75) is 19.4 Å². The normalized spacial score (nSPS) is 11.8. The smallest absolute Gasteiger partial charge is 0.310 e.